The fraction of sp³-hybridized carbons (Fsp3) is 0.318. The van der Waals surface area contributed by atoms with Gasteiger partial charge in [-0.25, -0.2) is 0 Å². The van der Waals surface area contributed by atoms with Crippen molar-refractivity contribution < 1.29 is 14.4 Å². The number of carbonyl (C=O) groups is 1. The van der Waals surface area contributed by atoms with E-state index < -0.39 is 5.97 Å². The van der Waals surface area contributed by atoms with Crippen LogP contribution in [0, 0.1) is 5.92 Å². The molecule has 0 saturated heterocycles. The van der Waals surface area contributed by atoms with E-state index in [4.69, 9.17) is 9.63 Å². The third-order valence-electron chi connectivity index (χ3n) is 5.33. The molecule has 0 aliphatic heterocycles. The maximum Gasteiger partial charge on any atom is 0.306 e. The minimum Gasteiger partial charge on any atom is -0.481 e. The van der Waals surface area contributed by atoms with E-state index >= 15 is 0 Å². The van der Waals surface area contributed by atoms with Crippen LogP contribution in [0.4, 0.5) is 0 Å². The van der Waals surface area contributed by atoms with Crippen molar-refractivity contribution in [3.05, 3.63) is 59.7 Å². The molecule has 0 spiro atoms. The summed E-state index contributed by atoms with van der Waals surface area (Å²) in [6.07, 6.45) is 2.41. The molecule has 0 unspecified atom stereocenters. The molecule has 0 bridgehead atoms. The Bertz CT molecular complexity index is 942. The van der Waals surface area contributed by atoms with E-state index in [1.165, 1.54) is 5.56 Å². The molecule has 4 rings (SSSR count). The molecule has 6 nitrogen and oxygen atoms in total. The highest BCUT2D eigenvalue weighted by Crippen LogP contribution is 2.28. The van der Waals surface area contributed by atoms with Gasteiger partial charge < -0.3 is 14.9 Å². The van der Waals surface area contributed by atoms with Crippen molar-refractivity contribution in [3.8, 4) is 22.8 Å². The summed E-state index contributed by atoms with van der Waals surface area (Å²) in [5, 5.41) is 16.4. The van der Waals surface area contributed by atoms with Gasteiger partial charge in [0.25, 0.3) is 5.89 Å². The number of carboxylic acid groups (broad SMARTS) is 1. The fourth-order valence-electron chi connectivity index (χ4n) is 3.36. The standard InChI is InChI=1S/C22H23N3O3/c1-2-14-3-9-17(10-4-14)21-24-20(25-28-21)16-7-5-15(6-8-16)13-23-19-11-18(12-19)22(26)27/h3-10,18-19,23H,2,11-13H2,1H3,(H,26,27). The van der Waals surface area contributed by atoms with E-state index in [-0.39, 0.29) is 5.92 Å². The lowest BCUT2D eigenvalue weighted by Crippen LogP contribution is -2.43. The van der Waals surface area contributed by atoms with Gasteiger partial charge in [-0.15, -0.1) is 0 Å². The van der Waals surface area contributed by atoms with Crippen LogP contribution in [-0.4, -0.2) is 27.3 Å². The first-order valence-electron chi connectivity index (χ1n) is 9.61. The Balaban J connectivity index is 1.36. The molecule has 0 atom stereocenters. The summed E-state index contributed by atoms with van der Waals surface area (Å²) in [6, 6.07) is 16.5. The van der Waals surface area contributed by atoms with Crippen LogP contribution >= 0.6 is 0 Å². The lowest BCUT2D eigenvalue weighted by Gasteiger charge is -2.33. The molecule has 1 heterocycles. The van der Waals surface area contributed by atoms with Gasteiger partial charge in [-0.2, -0.15) is 4.98 Å². The SMILES string of the molecule is CCc1ccc(-c2nc(-c3ccc(CNC4CC(C(=O)O)C4)cc3)no2)cc1. The predicted octanol–water partition coefficient (Wildman–Crippen LogP) is 3.92. The molecular formula is C22H23N3O3. The van der Waals surface area contributed by atoms with Crippen molar-refractivity contribution in [3.63, 3.8) is 0 Å². The number of nitrogens with zero attached hydrogens (tertiary/aromatic N) is 2. The predicted molar refractivity (Wildman–Crippen MR) is 106 cm³/mol. The first-order valence-corrected chi connectivity index (χ1v) is 9.61. The molecule has 1 aliphatic rings. The molecule has 0 amide bonds. The van der Waals surface area contributed by atoms with E-state index in [1.54, 1.807) is 0 Å². The van der Waals surface area contributed by atoms with Gasteiger partial charge in [-0.3, -0.25) is 4.79 Å². The van der Waals surface area contributed by atoms with Crippen molar-refractivity contribution in [2.24, 2.45) is 5.92 Å². The number of hydrogen-bond donors (Lipinski definition) is 2. The molecule has 1 aromatic heterocycles. The molecule has 2 aromatic carbocycles. The zero-order chi connectivity index (χ0) is 19.5. The van der Waals surface area contributed by atoms with Crippen LogP contribution in [0.5, 0.6) is 0 Å². The third-order valence-corrected chi connectivity index (χ3v) is 5.33. The molecule has 1 saturated carbocycles. The van der Waals surface area contributed by atoms with Gasteiger partial charge in [0.1, 0.15) is 0 Å². The second-order valence-electron chi connectivity index (χ2n) is 7.25. The Morgan fingerprint density at radius 1 is 1.07 bits per heavy atom. The van der Waals surface area contributed by atoms with Crippen molar-refractivity contribution in [2.75, 3.05) is 0 Å². The van der Waals surface area contributed by atoms with Gasteiger partial charge in [0.15, 0.2) is 0 Å². The van der Waals surface area contributed by atoms with Crippen LogP contribution in [-0.2, 0) is 17.8 Å². The van der Waals surface area contributed by atoms with Crippen LogP contribution in [0.15, 0.2) is 53.1 Å². The minimum atomic E-state index is -0.691. The molecule has 0 radical (unpaired) electrons. The Labute approximate surface area is 163 Å². The van der Waals surface area contributed by atoms with Crippen LogP contribution in [0.25, 0.3) is 22.8 Å². The molecule has 3 aromatic rings. The van der Waals surface area contributed by atoms with E-state index in [1.807, 2.05) is 36.4 Å². The van der Waals surface area contributed by atoms with Gasteiger partial charge >= 0.3 is 5.97 Å². The Hall–Kier alpha value is -2.99. The fourth-order valence-corrected chi connectivity index (χ4v) is 3.36. The minimum absolute atomic E-state index is 0.189. The smallest absolute Gasteiger partial charge is 0.306 e. The van der Waals surface area contributed by atoms with Crippen molar-refractivity contribution >= 4 is 5.97 Å². The zero-order valence-corrected chi connectivity index (χ0v) is 15.8. The Morgan fingerprint density at radius 2 is 1.71 bits per heavy atom. The lowest BCUT2D eigenvalue weighted by molar-refractivity contribution is -0.145. The summed E-state index contributed by atoms with van der Waals surface area (Å²) in [6.45, 7) is 2.84. The van der Waals surface area contributed by atoms with Crippen molar-refractivity contribution in [2.45, 2.75) is 38.8 Å². The third kappa shape index (κ3) is 3.97. The number of carboxylic acids is 1. The van der Waals surface area contributed by atoms with Gasteiger partial charge in [-0.1, -0.05) is 48.5 Å². The van der Waals surface area contributed by atoms with Crippen LogP contribution in [0.3, 0.4) is 0 Å². The molecule has 1 aliphatic carbocycles. The zero-order valence-electron chi connectivity index (χ0n) is 15.8. The van der Waals surface area contributed by atoms with Gasteiger partial charge in [0.2, 0.25) is 5.82 Å². The summed E-state index contributed by atoms with van der Waals surface area (Å²) >= 11 is 0. The first kappa shape index (κ1) is 18.4. The molecule has 2 N–H and O–H groups in total. The molecule has 144 valence electrons. The Morgan fingerprint density at radius 3 is 2.36 bits per heavy atom. The van der Waals surface area contributed by atoms with Crippen LogP contribution < -0.4 is 5.32 Å². The summed E-state index contributed by atoms with van der Waals surface area (Å²) in [5.74, 6) is 0.201. The average molecular weight is 377 g/mol. The van der Waals surface area contributed by atoms with Gasteiger partial charge in [0, 0.05) is 23.7 Å². The van der Waals surface area contributed by atoms with Crippen LogP contribution in [0.2, 0.25) is 0 Å². The van der Waals surface area contributed by atoms with Gasteiger partial charge in [-0.05, 0) is 42.5 Å². The van der Waals surface area contributed by atoms with E-state index in [0.717, 1.165) is 29.7 Å². The molecule has 1 fully saturated rings. The highest BCUT2D eigenvalue weighted by Gasteiger charge is 2.33. The second-order valence-corrected chi connectivity index (χ2v) is 7.25. The number of rotatable bonds is 7. The number of aryl methyl sites for hydroxylation is 1. The summed E-state index contributed by atoms with van der Waals surface area (Å²) in [4.78, 5) is 15.4. The number of nitrogens with one attached hydrogen (secondary N) is 1. The summed E-state index contributed by atoms with van der Waals surface area (Å²) in [7, 11) is 0. The maximum atomic E-state index is 10.8. The van der Waals surface area contributed by atoms with E-state index in [2.05, 4.69) is 34.5 Å². The van der Waals surface area contributed by atoms with Crippen molar-refractivity contribution in [1.82, 2.24) is 15.5 Å². The quantitative estimate of drug-likeness (QED) is 0.649. The Kier molecular flexibility index (Phi) is 5.21. The average Bonchev–Trinajstić information content (AvgIpc) is 3.17. The highest BCUT2D eigenvalue weighted by atomic mass is 16.5. The van der Waals surface area contributed by atoms with Crippen molar-refractivity contribution in [1.29, 1.82) is 0 Å². The monoisotopic (exact) mass is 377 g/mol. The first-order chi connectivity index (χ1) is 13.6. The summed E-state index contributed by atoms with van der Waals surface area (Å²) in [5.41, 5.74) is 4.23. The van der Waals surface area contributed by atoms with E-state index in [0.29, 0.717) is 30.6 Å². The number of aromatic nitrogens is 2. The number of hydrogen-bond acceptors (Lipinski definition) is 5. The second kappa shape index (κ2) is 7.94. The summed E-state index contributed by atoms with van der Waals surface area (Å²) < 4.78 is 5.42. The lowest BCUT2D eigenvalue weighted by atomic mass is 9.80. The number of benzene rings is 2. The van der Waals surface area contributed by atoms with E-state index in [9.17, 15) is 4.79 Å². The van der Waals surface area contributed by atoms with Crippen LogP contribution in [0.1, 0.15) is 30.9 Å². The van der Waals surface area contributed by atoms with Gasteiger partial charge in [0.05, 0.1) is 5.92 Å². The maximum absolute atomic E-state index is 10.8. The topological polar surface area (TPSA) is 88.2 Å². The number of aliphatic carboxylic acids is 1. The largest absolute Gasteiger partial charge is 0.481 e. The molecular weight excluding hydrogens is 354 g/mol. The normalized spacial score (nSPS) is 18.6. The molecule has 6 heteroatoms. The highest BCUT2D eigenvalue weighted by molar-refractivity contribution is 5.71. The molecule has 28 heavy (non-hydrogen) atoms.